The molecule has 0 aliphatic rings. The van der Waals surface area contributed by atoms with Crippen LogP contribution in [0.5, 0.6) is 5.75 Å². The van der Waals surface area contributed by atoms with Crippen molar-refractivity contribution in [2.24, 2.45) is 0 Å². The quantitative estimate of drug-likeness (QED) is 0.796. The van der Waals surface area contributed by atoms with Gasteiger partial charge in [-0.25, -0.2) is 0 Å². The number of benzene rings is 1. The van der Waals surface area contributed by atoms with E-state index in [0.29, 0.717) is 11.4 Å². The number of nitrogens with one attached hydrogen (secondary N) is 1. The molecule has 0 unspecified atom stereocenters. The molecule has 20 heavy (non-hydrogen) atoms. The fourth-order valence-corrected chi connectivity index (χ4v) is 2.24. The summed E-state index contributed by atoms with van der Waals surface area (Å²) in [6.07, 6.45) is 1.75. The third kappa shape index (κ3) is 3.68. The van der Waals surface area contributed by atoms with Gasteiger partial charge in [0.1, 0.15) is 11.6 Å². The Hall–Kier alpha value is -1.66. The van der Waals surface area contributed by atoms with Gasteiger partial charge in [-0.05, 0) is 36.3 Å². The molecule has 2 aromatic rings. The number of hydrogen-bond donors (Lipinski definition) is 1. The van der Waals surface area contributed by atoms with E-state index in [9.17, 15) is 0 Å². The highest BCUT2D eigenvalue weighted by Crippen LogP contribution is 2.13. The van der Waals surface area contributed by atoms with Gasteiger partial charge in [0.05, 0.1) is 13.7 Å². The largest absolute Gasteiger partial charge is 0.497 e. The molecule has 1 heterocycles. The number of nitrogens with zero attached hydrogens (tertiary/aromatic N) is 2. The maximum absolute atomic E-state index is 5.22. The lowest BCUT2D eigenvalue weighted by Crippen LogP contribution is -2.09. The Morgan fingerprint density at radius 1 is 1.20 bits per heavy atom. The second kappa shape index (κ2) is 7.21. The van der Waals surface area contributed by atoms with Gasteiger partial charge in [0.15, 0.2) is 4.77 Å². The number of hydrogen-bond acceptors (Lipinski definition) is 4. The molecule has 108 valence electrons. The van der Waals surface area contributed by atoms with Crippen LogP contribution < -0.4 is 4.74 Å². The van der Waals surface area contributed by atoms with Gasteiger partial charge in [-0.1, -0.05) is 12.1 Å². The zero-order chi connectivity index (χ0) is 14.4. The number of ether oxygens (including phenoxy) is 2. The highest BCUT2D eigenvalue weighted by atomic mass is 32.1. The summed E-state index contributed by atoms with van der Waals surface area (Å²) in [5.41, 5.74) is 1.25. The molecule has 2 rings (SSSR count). The van der Waals surface area contributed by atoms with Gasteiger partial charge >= 0.3 is 0 Å². The Bertz CT molecular complexity index is 589. The minimum Gasteiger partial charge on any atom is -0.497 e. The van der Waals surface area contributed by atoms with E-state index in [-0.39, 0.29) is 0 Å². The van der Waals surface area contributed by atoms with Gasteiger partial charge in [-0.2, -0.15) is 5.10 Å². The molecule has 0 atom stereocenters. The van der Waals surface area contributed by atoms with Crippen LogP contribution in [0.1, 0.15) is 11.4 Å². The van der Waals surface area contributed by atoms with E-state index in [4.69, 9.17) is 21.7 Å². The number of methoxy groups -OCH3 is 2. The van der Waals surface area contributed by atoms with Crippen LogP contribution in [0.2, 0.25) is 0 Å². The Kier molecular flexibility index (Phi) is 5.31. The van der Waals surface area contributed by atoms with Gasteiger partial charge in [-0.15, -0.1) is 0 Å². The molecule has 0 amide bonds. The van der Waals surface area contributed by atoms with Crippen LogP contribution in [0.3, 0.4) is 0 Å². The summed E-state index contributed by atoms with van der Waals surface area (Å²) < 4.78 is 12.9. The summed E-state index contributed by atoms with van der Waals surface area (Å²) in [4.78, 5) is 0. The third-order valence-electron chi connectivity index (χ3n) is 3.15. The summed E-state index contributed by atoms with van der Waals surface area (Å²) in [7, 11) is 3.35. The number of H-pyrrole nitrogens is 1. The van der Waals surface area contributed by atoms with Crippen LogP contribution >= 0.6 is 12.2 Å². The maximum Gasteiger partial charge on any atom is 0.195 e. The molecular weight excluding hydrogens is 274 g/mol. The van der Waals surface area contributed by atoms with Crippen molar-refractivity contribution in [3.05, 3.63) is 40.4 Å². The monoisotopic (exact) mass is 293 g/mol. The van der Waals surface area contributed by atoms with Crippen LogP contribution in [0.25, 0.3) is 0 Å². The number of aryl methyl sites for hydroxylation is 2. The Labute approximate surface area is 123 Å². The highest BCUT2D eigenvalue weighted by Gasteiger charge is 2.06. The van der Waals surface area contributed by atoms with Crippen molar-refractivity contribution in [1.82, 2.24) is 14.8 Å². The van der Waals surface area contributed by atoms with Gasteiger partial charge in [0.2, 0.25) is 0 Å². The molecule has 5 nitrogen and oxygen atoms in total. The van der Waals surface area contributed by atoms with Crippen LogP contribution in [-0.2, 0) is 24.1 Å². The van der Waals surface area contributed by atoms with Gasteiger partial charge in [0.25, 0.3) is 0 Å². The summed E-state index contributed by atoms with van der Waals surface area (Å²) >= 11 is 5.22. The van der Waals surface area contributed by atoms with Crippen molar-refractivity contribution in [1.29, 1.82) is 0 Å². The topological polar surface area (TPSA) is 52.1 Å². The molecule has 0 fully saturated rings. The summed E-state index contributed by atoms with van der Waals surface area (Å²) in [5.74, 6) is 1.83. The second-order valence-electron chi connectivity index (χ2n) is 4.44. The molecule has 0 saturated carbocycles. The predicted octanol–water partition coefficient (Wildman–Crippen LogP) is 2.38. The van der Waals surface area contributed by atoms with Gasteiger partial charge in [-0.3, -0.25) is 5.10 Å². The second-order valence-corrected chi connectivity index (χ2v) is 4.82. The molecule has 0 spiro atoms. The highest BCUT2D eigenvalue weighted by molar-refractivity contribution is 7.71. The zero-order valence-electron chi connectivity index (χ0n) is 11.8. The van der Waals surface area contributed by atoms with Crippen molar-refractivity contribution in [3.63, 3.8) is 0 Å². The Morgan fingerprint density at radius 3 is 2.60 bits per heavy atom. The van der Waals surface area contributed by atoms with Gasteiger partial charge < -0.3 is 14.0 Å². The smallest absolute Gasteiger partial charge is 0.195 e. The Balaban J connectivity index is 2.01. The minimum atomic E-state index is 0.628. The summed E-state index contributed by atoms with van der Waals surface area (Å²) in [6.45, 7) is 1.35. The molecule has 0 aliphatic heterocycles. The van der Waals surface area contributed by atoms with Crippen molar-refractivity contribution in [3.8, 4) is 5.75 Å². The summed E-state index contributed by atoms with van der Waals surface area (Å²) in [6, 6.07) is 8.08. The van der Waals surface area contributed by atoms with Crippen molar-refractivity contribution >= 4 is 12.2 Å². The zero-order valence-corrected chi connectivity index (χ0v) is 12.6. The third-order valence-corrected chi connectivity index (χ3v) is 3.46. The first-order valence-corrected chi connectivity index (χ1v) is 6.91. The van der Waals surface area contributed by atoms with Crippen LogP contribution in [0, 0.1) is 4.77 Å². The van der Waals surface area contributed by atoms with E-state index in [2.05, 4.69) is 22.3 Å². The Morgan fingerprint density at radius 2 is 1.95 bits per heavy atom. The first-order chi connectivity index (χ1) is 9.74. The molecular formula is C14H19N3O2S. The lowest BCUT2D eigenvalue weighted by Gasteiger charge is -2.06. The van der Waals surface area contributed by atoms with E-state index in [1.54, 1.807) is 14.2 Å². The normalized spacial score (nSPS) is 10.7. The molecule has 0 aliphatic carbocycles. The van der Waals surface area contributed by atoms with Crippen LogP contribution in [0.4, 0.5) is 0 Å². The molecule has 0 radical (unpaired) electrons. The van der Waals surface area contributed by atoms with Crippen LogP contribution in [-0.4, -0.2) is 35.6 Å². The van der Waals surface area contributed by atoms with Crippen molar-refractivity contribution < 1.29 is 9.47 Å². The molecule has 1 aromatic carbocycles. The van der Waals surface area contributed by atoms with E-state index in [1.165, 1.54) is 5.56 Å². The lowest BCUT2D eigenvalue weighted by molar-refractivity contribution is 0.186. The average molecular weight is 293 g/mol. The van der Waals surface area contributed by atoms with Gasteiger partial charge in [0, 0.05) is 20.1 Å². The minimum absolute atomic E-state index is 0.628. The molecule has 0 saturated heterocycles. The number of aromatic nitrogens is 3. The summed E-state index contributed by atoms with van der Waals surface area (Å²) in [5, 5.41) is 7.12. The van der Waals surface area contributed by atoms with E-state index in [1.807, 2.05) is 16.7 Å². The van der Waals surface area contributed by atoms with Crippen molar-refractivity contribution in [2.75, 3.05) is 20.8 Å². The van der Waals surface area contributed by atoms with E-state index in [0.717, 1.165) is 31.0 Å². The first-order valence-electron chi connectivity index (χ1n) is 6.50. The molecule has 6 heteroatoms. The van der Waals surface area contributed by atoms with Crippen LogP contribution in [0.15, 0.2) is 24.3 Å². The molecule has 1 aromatic heterocycles. The molecule has 0 bridgehead atoms. The SMILES string of the molecule is COCCn1c(CCc2ccc(OC)cc2)n[nH]c1=S. The molecule has 1 N–H and O–H groups in total. The van der Waals surface area contributed by atoms with E-state index < -0.39 is 0 Å². The van der Waals surface area contributed by atoms with E-state index >= 15 is 0 Å². The fraction of sp³-hybridized carbons (Fsp3) is 0.429. The number of rotatable bonds is 7. The average Bonchev–Trinajstić information content (AvgIpc) is 2.84. The first kappa shape index (κ1) is 14.7. The van der Waals surface area contributed by atoms with Crippen molar-refractivity contribution in [2.45, 2.75) is 19.4 Å². The fourth-order valence-electron chi connectivity index (χ4n) is 2.00. The standard InChI is InChI=1S/C14H19N3O2S/c1-18-10-9-17-13(15-16-14(17)20)8-5-11-3-6-12(19-2)7-4-11/h3-4,6-7H,5,8-10H2,1-2H3,(H,16,20). The maximum atomic E-state index is 5.22. The number of aromatic amines is 1. The predicted molar refractivity (Wildman–Crippen MR) is 79.7 cm³/mol. The lowest BCUT2D eigenvalue weighted by atomic mass is 10.1.